The number of aryl methyl sites for hydroxylation is 1. The summed E-state index contributed by atoms with van der Waals surface area (Å²) in [6, 6.07) is 6.78. The summed E-state index contributed by atoms with van der Waals surface area (Å²) in [4.78, 5) is 11.3. The molecule has 78 valence electrons. The fourth-order valence-corrected chi connectivity index (χ4v) is 1.74. The van der Waals surface area contributed by atoms with E-state index >= 15 is 0 Å². The van der Waals surface area contributed by atoms with E-state index in [4.69, 9.17) is 23.2 Å². The van der Waals surface area contributed by atoms with E-state index in [0.29, 0.717) is 15.7 Å². The van der Waals surface area contributed by atoms with E-state index in [2.05, 4.69) is 5.10 Å². The molecule has 1 aromatic carbocycles. The highest BCUT2D eigenvalue weighted by molar-refractivity contribution is 6.43. The largest absolute Gasteiger partial charge is 0.295 e. The average Bonchev–Trinajstić information content (AvgIpc) is 2.51. The van der Waals surface area contributed by atoms with Crippen LogP contribution in [0.25, 0.3) is 11.3 Å². The fraction of sp³-hybridized carbons (Fsp3) is 0.100. The van der Waals surface area contributed by atoms with Gasteiger partial charge in [0.05, 0.1) is 15.7 Å². The molecule has 0 aliphatic heterocycles. The van der Waals surface area contributed by atoms with Gasteiger partial charge in [0.2, 0.25) is 0 Å². The van der Waals surface area contributed by atoms with Crippen molar-refractivity contribution in [2.45, 2.75) is 0 Å². The summed E-state index contributed by atoms with van der Waals surface area (Å²) >= 11 is 11.9. The van der Waals surface area contributed by atoms with Crippen molar-refractivity contribution in [2.24, 2.45) is 7.05 Å². The highest BCUT2D eigenvalue weighted by Crippen LogP contribution is 2.31. The van der Waals surface area contributed by atoms with Crippen LogP contribution in [0.5, 0.6) is 0 Å². The Morgan fingerprint density at radius 2 is 2.07 bits per heavy atom. The molecule has 0 unspecified atom stereocenters. The van der Waals surface area contributed by atoms with E-state index < -0.39 is 0 Å². The molecule has 0 bridgehead atoms. The monoisotopic (exact) mass is 242 g/mol. The van der Waals surface area contributed by atoms with Crippen LogP contribution >= 0.6 is 23.2 Å². The first kappa shape index (κ1) is 10.3. The molecule has 0 saturated carbocycles. The van der Waals surface area contributed by atoms with E-state index in [-0.39, 0.29) is 5.56 Å². The first-order valence-electron chi connectivity index (χ1n) is 4.30. The van der Waals surface area contributed by atoms with Crippen molar-refractivity contribution < 1.29 is 0 Å². The first-order valence-corrected chi connectivity index (χ1v) is 5.05. The second-order valence-electron chi connectivity index (χ2n) is 3.17. The van der Waals surface area contributed by atoms with Crippen molar-refractivity contribution in [3.63, 3.8) is 0 Å². The van der Waals surface area contributed by atoms with E-state index in [1.807, 2.05) is 0 Å². The average molecular weight is 243 g/mol. The second kappa shape index (κ2) is 3.76. The normalized spacial score (nSPS) is 10.6. The van der Waals surface area contributed by atoms with Crippen LogP contribution in [0.4, 0.5) is 0 Å². The van der Waals surface area contributed by atoms with Crippen LogP contribution in [-0.2, 0) is 7.05 Å². The molecule has 1 heterocycles. The Hall–Kier alpha value is -1.19. The number of H-pyrrole nitrogens is 1. The highest BCUT2D eigenvalue weighted by Gasteiger charge is 2.09. The van der Waals surface area contributed by atoms with E-state index in [1.54, 1.807) is 25.2 Å². The van der Waals surface area contributed by atoms with E-state index in [0.717, 1.165) is 5.56 Å². The van der Waals surface area contributed by atoms with Crippen LogP contribution in [-0.4, -0.2) is 9.78 Å². The maximum atomic E-state index is 11.3. The van der Waals surface area contributed by atoms with Crippen LogP contribution in [0.2, 0.25) is 10.0 Å². The first-order chi connectivity index (χ1) is 7.09. The molecule has 15 heavy (non-hydrogen) atoms. The number of rotatable bonds is 1. The maximum Gasteiger partial charge on any atom is 0.266 e. The Bertz CT molecular complexity index is 557. The molecule has 2 aromatic rings. The van der Waals surface area contributed by atoms with Gasteiger partial charge in [-0.25, -0.2) is 0 Å². The number of aromatic nitrogens is 2. The number of halogens is 2. The zero-order valence-corrected chi connectivity index (χ0v) is 9.43. The third kappa shape index (κ3) is 1.80. The minimum absolute atomic E-state index is 0.110. The molecule has 0 spiro atoms. The number of aromatic amines is 1. The quantitative estimate of drug-likeness (QED) is 0.821. The van der Waals surface area contributed by atoms with Gasteiger partial charge < -0.3 is 0 Å². The van der Waals surface area contributed by atoms with Gasteiger partial charge >= 0.3 is 0 Å². The van der Waals surface area contributed by atoms with Crippen molar-refractivity contribution in [1.29, 1.82) is 0 Å². The van der Waals surface area contributed by atoms with Gasteiger partial charge in [-0.2, -0.15) is 0 Å². The molecule has 0 aliphatic carbocycles. The number of hydrogen-bond donors (Lipinski definition) is 1. The number of nitrogens with zero attached hydrogens (tertiary/aromatic N) is 1. The minimum Gasteiger partial charge on any atom is -0.295 e. The predicted molar refractivity (Wildman–Crippen MR) is 61.5 cm³/mol. The molecule has 1 aromatic heterocycles. The Labute approximate surface area is 96.2 Å². The molecule has 1 N–H and O–H groups in total. The molecule has 0 saturated heterocycles. The summed E-state index contributed by atoms with van der Waals surface area (Å²) in [7, 11) is 1.64. The number of nitrogens with one attached hydrogen (secondary N) is 1. The van der Waals surface area contributed by atoms with Gasteiger partial charge in [-0.3, -0.25) is 14.6 Å². The van der Waals surface area contributed by atoms with Crippen molar-refractivity contribution in [1.82, 2.24) is 9.78 Å². The number of hydrogen-bond acceptors (Lipinski definition) is 1. The zero-order valence-electron chi connectivity index (χ0n) is 7.92. The topological polar surface area (TPSA) is 37.8 Å². The molecular formula is C10H8Cl2N2O. The summed E-state index contributed by atoms with van der Waals surface area (Å²) in [6.07, 6.45) is 0. The van der Waals surface area contributed by atoms with Crippen LogP contribution < -0.4 is 5.56 Å². The van der Waals surface area contributed by atoms with Crippen LogP contribution in [0.1, 0.15) is 0 Å². The van der Waals surface area contributed by atoms with Gasteiger partial charge in [0, 0.05) is 18.7 Å². The van der Waals surface area contributed by atoms with E-state index in [9.17, 15) is 4.79 Å². The SMILES string of the molecule is Cn1[nH]c(-c2cccc(Cl)c2Cl)cc1=O. The maximum absolute atomic E-state index is 11.3. The zero-order chi connectivity index (χ0) is 11.0. The molecule has 3 nitrogen and oxygen atoms in total. The lowest BCUT2D eigenvalue weighted by atomic mass is 10.1. The van der Waals surface area contributed by atoms with E-state index in [1.165, 1.54) is 10.7 Å². The van der Waals surface area contributed by atoms with Crippen molar-refractivity contribution in [3.8, 4) is 11.3 Å². The van der Waals surface area contributed by atoms with Gasteiger partial charge in [0.15, 0.2) is 0 Å². The lowest BCUT2D eigenvalue weighted by Crippen LogP contribution is -2.09. The summed E-state index contributed by atoms with van der Waals surface area (Å²) in [5.74, 6) is 0. The Morgan fingerprint density at radius 1 is 1.33 bits per heavy atom. The summed E-state index contributed by atoms with van der Waals surface area (Å²) < 4.78 is 1.38. The Kier molecular flexibility index (Phi) is 2.59. The van der Waals surface area contributed by atoms with Crippen molar-refractivity contribution >= 4 is 23.2 Å². The Balaban J connectivity index is 2.64. The Morgan fingerprint density at radius 3 is 2.67 bits per heavy atom. The molecule has 0 aliphatic rings. The van der Waals surface area contributed by atoms with Crippen molar-refractivity contribution in [2.75, 3.05) is 0 Å². The van der Waals surface area contributed by atoms with Gasteiger partial charge in [0.25, 0.3) is 5.56 Å². The second-order valence-corrected chi connectivity index (χ2v) is 3.95. The molecular weight excluding hydrogens is 235 g/mol. The van der Waals surface area contributed by atoms with Gasteiger partial charge in [-0.1, -0.05) is 35.3 Å². The highest BCUT2D eigenvalue weighted by atomic mass is 35.5. The number of benzene rings is 1. The predicted octanol–water partition coefficient (Wildman–Crippen LogP) is 2.69. The molecule has 0 fully saturated rings. The summed E-state index contributed by atoms with van der Waals surface area (Å²) in [5, 5.41) is 3.81. The standard InChI is InChI=1S/C10H8Cl2N2O/c1-14-9(15)5-8(13-14)6-3-2-4-7(11)10(6)12/h2-5,13H,1H3. The fourth-order valence-electron chi connectivity index (χ4n) is 1.34. The minimum atomic E-state index is -0.110. The summed E-state index contributed by atoms with van der Waals surface area (Å²) in [6.45, 7) is 0. The van der Waals surface area contributed by atoms with Crippen LogP contribution in [0.15, 0.2) is 29.1 Å². The molecule has 0 atom stereocenters. The third-order valence-corrected chi connectivity index (χ3v) is 2.95. The summed E-state index contributed by atoms with van der Waals surface area (Å²) in [5.41, 5.74) is 1.28. The molecule has 0 radical (unpaired) electrons. The van der Waals surface area contributed by atoms with Gasteiger partial charge in [-0.15, -0.1) is 0 Å². The molecule has 0 amide bonds. The lowest BCUT2D eigenvalue weighted by Gasteiger charge is -2.02. The lowest BCUT2D eigenvalue weighted by molar-refractivity contribution is 0.742. The van der Waals surface area contributed by atoms with Crippen LogP contribution in [0.3, 0.4) is 0 Å². The third-order valence-electron chi connectivity index (χ3n) is 2.13. The smallest absolute Gasteiger partial charge is 0.266 e. The van der Waals surface area contributed by atoms with Gasteiger partial charge in [0.1, 0.15) is 0 Å². The van der Waals surface area contributed by atoms with Crippen LogP contribution in [0, 0.1) is 0 Å². The van der Waals surface area contributed by atoms with Gasteiger partial charge in [-0.05, 0) is 6.07 Å². The molecule has 2 rings (SSSR count). The van der Waals surface area contributed by atoms with Crippen molar-refractivity contribution in [3.05, 3.63) is 44.7 Å². The molecule has 5 heteroatoms.